The van der Waals surface area contributed by atoms with Gasteiger partial charge >= 0.3 is 0 Å². The summed E-state index contributed by atoms with van der Waals surface area (Å²) in [4.78, 5) is 8.10. The van der Waals surface area contributed by atoms with E-state index in [0.717, 1.165) is 24.2 Å². The number of nitrogens with one attached hydrogen (secondary N) is 2. The van der Waals surface area contributed by atoms with Gasteiger partial charge in [-0.2, -0.15) is 4.37 Å². The normalized spacial score (nSPS) is 15.8. The van der Waals surface area contributed by atoms with E-state index in [-0.39, 0.29) is 0 Å². The largest absolute Gasteiger partial charge is 0.354 e. The molecule has 0 aliphatic carbocycles. The van der Waals surface area contributed by atoms with E-state index in [1.54, 1.807) is 0 Å². The Hall–Kier alpha value is -1.17. The van der Waals surface area contributed by atoms with Gasteiger partial charge in [0.15, 0.2) is 5.96 Å². The van der Waals surface area contributed by atoms with E-state index < -0.39 is 0 Å². The molecule has 6 heteroatoms. The Kier molecular flexibility index (Phi) is 1.68. The molecule has 1 aliphatic rings. The van der Waals surface area contributed by atoms with Crippen LogP contribution in [-0.2, 0) is 0 Å². The summed E-state index contributed by atoms with van der Waals surface area (Å²) in [6.45, 7) is 1.74. The molecule has 0 atom stereocenters. The Morgan fingerprint density at radius 3 is 3.27 bits per heavy atom. The van der Waals surface area contributed by atoms with Gasteiger partial charge in [0.1, 0.15) is 6.33 Å². The fourth-order valence-electron chi connectivity index (χ4n) is 0.811. The molecular formula is C5H7N5S. The average molecular weight is 169 g/mol. The number of rotatable bonds is 1. The predicted octanol–water partition coefficient (Wildman–Crippen LogP) is -0.0908. The second-order valence-corrected chi connectivity index (χ2v) is 2.81. The molecule has 5 nitrogen and oxygen atoms in total. The van der Waals surface area contributed by atoms with E-state index in [2.05, 4.69) is 25.0 Å². The highest BCUT2D eigenvalue weighted by molar-refractivity contribution is 7.09. The summed E-state index contributed by atoms with van der Waals surface area (Å²) < 4.78 is 3.85. The number of nitrogens with zero attached hydrogens (tertiary/aromatic N) is 3. The molecule has 2 heterocycles. The van der Waals surface area contributed by atoms with Gasteiger partial charge in [-0.3, -0.25) is 4.99 Å². The van der Waals surface area contributed by atoms with Crippen LogP contribution in [0.15, 0.2) is 11.3 Å². The van der Waals surface area contributed by atoms with E-state index in [4.69, 9.17) is 0 Å². The number of guanidine groups is 1. The lowest BCUT2D eigenvalue weighted by Gasteiger charge is -1.99. The first kappa shape index (κ1) is 6.53. The third kappa shape index (κ3) is 1.45. The van der Waals surface area contributed by atoms with Crippen molar-refractivity contribution in [2.24, 2.45) is 4.99 Å². The second kappa shape index (κ2) is 2.83. The van der Waals surface area contributed by atoms with Gasteiger partial charge in [0, 0.05) is 18.1 Å². The Morgan fingerprint density at radius 2 is 2.64 bits per heavy atom. The molecule has 11 heavy (non-hydrogen) atoms. The number of aliphatic imine (C=N–C) groups is 1. The van der Waals surface area contributed by atoms with Crippen LogP contribution in [0.25, 0.3) is 0 Å². The molecule has 0 bridgehead atoms. The first-order valence-corrected chi connectivity index (χ1v) is 4.04. The van der Waals surface area contributed by atoms with Crippen molar-refractivity contribution < 1.29 is 0 Å². The Labute approximate surface area is 67.7 Å². The quantitative estimate of drug-likeness (QED) is 0.616. The SMILES string of the molecule is c1nsc(NC2=NCCN2)n1. The van der Waals surface area contributed by atoms with Crippen molar-refractivity contribution in [1.29, 1.82) is 0 Å². The monoisotopic (exact) mass is 169 g/mol. The van der Waals surface area contributed by atoms with Gasteiger partial charge in [0.05, 0.1) is 6.54 Å². The van der Waals surface area contributed by atoms with Crippen LogP contribution >= 0.6 is 11.5 Å². The molecule has 1 aromatic rings. The standard InChI is InChI=1S/C5H7N5S/c1-2-7-4(6-1)10-5-8-3-9-11-5/h3H,1-2H2,(H2,6,7,8,9,10). The third-order valence-electron chi connectivity index (χ3n) is 1.26. The lowest BCUT2D eigenvalue weighted by atomic mass is 10.7. The van der Waals surface area contributed by atoms with E-state index in [1.807, 2.05) is 0 Å². The zero-order valence-electron chi connectivity index (χ0n) is 5.74. The summed E-state index contributed by atoms with van der Waals surface area (Å²) in [5.74, 6) is 0.793. The number of hydrogen-bond donors (Lipinski definition) is 2. The highest BCUT2D eigenvalue weighted by Gasteiger charge is 2.05. The summed E-state index contributed by atoms with van der Waals surface area (Å²) >= 11 is 1.32. The fourth-order valence-corrected chi connectivity index (χ4v) is 1.24. The molecule has 0 radical (unpaired) electrons. The van der Waals surface area contributed by atoms with Crippen LogP contribution in [0.1, 0.15) is 0 Å². The van der Waals surface area contributed by atoms with E-state index in [0.29, 0.717) is 0 Å². The van der Waals surface area contributed by atoms with Crippen LogP contribution in [0.5, 0.6) is 0 Å². The zero-order chi connectivity index (χ0) is 7.52. The fraction of sp³-hybridized carbons (Fsp3) is 0.400. The van der Waals surface area contributed by atoms with Gasteiger partial charge in [0.2, 0.25) is 5.13 Å². The summed E-state index contributed by atoms with van der Waals surface area (Å²) in [7, 11) is 0. The predicted molar refractivity (Wildman–Crippen MR) is 43.8 cm³/mol. The van der Waals surface area contributed by atoms with E-state index >= 15 is 0 Å². The van der Waals surface area contributed by atoms with Crippen LogP contribution in [0.2, 0.25) is 0 Å². The molecule has 58 valence electrons. The minimum absolute atomic E-state index is 0.776. The maximum absolute atomic E-state index is 4.14. The second-order valence-electron chi connectivity index (χ2n) is 2.03. The maximum Gasteiger partial charge on any atom is 0.209 e. The molecule has 1 aromatic heterocycles. The van der Waals surface area contributed by atoms with Crippen molar-refractivity contribution in [3.8, 4) is 0 Å². The van der Waals surface area contributed by atoms with Gasteiger partial charge in [0.25, 0.3) is 0 Å². The minimum atomic E-state index is 0.776. The van der Waals surface area contributed by atoms with Gasteiger partial charge in [-0.15, -0.1) is 0 Å². The first-order valence-electron chi connectivity index (χ1n) is 3.27. The summed E-state index contributed by atoms with van der Waals surface area (Å²) in [6.07, 6.45) is 1.52. The van der Waals surface area contributed by atoms with E-state index in [1.165, 1.54) is 17.9 Å². The topological polar surface area (TPSA) is 62.2 Å². The molecule has 0 aromatic carbocycles. The summed E-state index contributed by atoms with van der Waals surface area (Å²) in [6, 6.07) is 0. The van der Waals surface area contributed by atoms with Crippen LogP contribution in [0, 0.1) is 0 Å². The molecule has 0 saturated heterocycles. The van der Waals surface area contributed by atoms with Crippen LogP contribution in [0.3, 0.4) is 0 Å². The molecule has 0 fully saturated rings. The molecular weight excluding hydrogens is 162 g/mol. The lowest BCUT2D eigenvalue weighted by Crippen LogP contribution is -2.25. The molecule has 0 saturated carbocycles. The highest BCUT2D eigenvalue weighted by atomic mass is 32.1. The first-order chi connectivity index (χ1) is 5.45. The van der Waals surface area contributed by atoms with Gasteiger partial charge in [-0.05, 0) is 0 Å². The van der Waals surface area contributed by atoms with Gasteiger partial charge in [-0.25, -0.2) is 4.98 Å². The zero-order valence-corrected chi connectivity index (χ0v) is 6.56. The van der Waals surface area contributed by atoms with Crippen molar-refractivity contribution in [2.45, 2.75) is 0 Å². The summed E-state index contributed by atoms with van der Waals surface area (Å²) in [5, 5.41) is 6.85. The van der Waals surface area contributed by atoms with Crippen molar-refractivity contribution >= 4 is 22.6 Å². The van der Waals surface area contributed by atoms with Crippen molar-refractivity contribution in [2.75, 3.05) is 18.4 Å². The number of aromatic nitrogens is 2. The molecule has 0 unspecified atom stereocenters. The van der Waals surface area contributed by atoms with Crippen LogP contribution < -0.4 is 10.6 Å². The highest BCUT2D eigenvalue weighted by Crippen LogP contribution is 2.06. The van der Waals surface area contributed by atoms with Crippen molar-refractivity contribution in [1.82, 2.24) is 14.7 Å². The van der Waals surface area contributed by atoms with Crippen LogP contribution in [-0.4, -0.2) is 28.4 Å². The minimum Gasteiger partial charge on any atom is -0.354 e. The number of hydrogen-bond acceptors (Lipinski definition) is 6. The lowest BCUT2D eigenvalue weighted by molar-refractivity contribution is 0.959. The van der Waals surface area contributed by atoms with E-state index in [9.17, 15) is 0 Å². The molecule has 0 spiro atoms. The molecule has 1 aliphatic heterocycles. The smallest absolute Gasteiger partial charge is 0.209 e. The molecule has 2 N–H and O–H groups in total. The Balaban J connectivity index is 2.00. The van der Waals surface area contributed by atoms with Crippen LogP contribution in [0.4, 0.5) is 5.13 Å². The third-order valence-corrected chi connectivity index (χ3v) is 1.84. The summed E-state index contributed by atoms with van der Waals surface area (Å²) in [5.41, 5.74) is 0. The van der Waals surface area contributed by atoms with Gasteiger partial charge in [-0.1, -0.05) is 0 Å². The Bertz CT molecular complexity index is 254. The average Bonchev–Trinajstić information content (AvgIpc) is 2.60. The van der Waals surface area contributed by atoms with Gasteiger partial charge < -0.3 is 10.6 Å². The Morgan fingerprint density at radius 1 is 1.64 bits per heavy atom. The van der Waals surface area contributed by atoms with Crippen molar-refractivity contribution in [3.63, 3.8) is 0 Å². The molecule has 0 amide bonds. The van der Waals surface area contributed by atoms with Crippen molar-refractivity contribution in [3.05, 3.63) is 6.33 Å². The maximum atomic E-state index is 4.14. The number of anilines is 1. The molecule has 2 rings (SSSR count).